The molecule has 2 aromatic heterocycles. The fraction of sp³-hybridized carbons (Fsp3) is 0.250. The van der Waals surface area contributed by atoms with Crippen molar-refractivity contribution in [1.82, 2.24) is 9.78 Å². The first-order valence-electron chi connectivity index (χ1n) is 6.70. The maximum atomic E-state index is 12.2. The zero-order valence-electron chi connectivity index (χ0n) is 12.2. The summed E-state index contributed by atoms with van der Waals surface area (Å²) in [6.45, 7) is 5.53. The predicted molar refractivity (Wildman–Crippen MR) is 84.7 cm³/mol. The van der Waals surface area contributed by atoms with Gasteiger partial charge in [-0.15, -0.1) is 11.3 Å². The van der Waals surface area contributed by atoms with Crippen molar-refractivity contribution in [2.24, 2.45) is 0 Å². The summed E-state index contributed by atoms with van der Waals surface area (Å²) >= 11 is 1.62. The van der Waals surface area contributed by atoms with E-state index in [2.05, 4.69) is 17.2 Å². The standard InChI is InChI=1S/C16H16N2O2S/c1-16(2,3)20-15(19)18-12-9-13(21-14(12)10-17-18)11-7-5-4-6-8-11/h4-10H,1-3H3. The molecule has 0 atom stereocenters. The highest BCUT2D eigenvalue weighted by atomic mass is 32.1. The minimum atomic E-state index is -0.534. The normalized spacial score (nSPS) is 11.8. The van der Waals surface area contributed by atoms with E-state index in [4.69, 9.17) is 4.74 Å². The molecule has 0 bridgehead atoms. The van der Waals surface area contributed by atoms with Crippen LogP contribution >= 0.6 is 11.3 Å². The van der Waals surface area contributed by atoms with Gasteiger partial charge < -0.3 is 4.74 Å². The topological polar surface area (TPSA) is 44.1 Å². The van der Waals surface area contributed by atoms with Crippen LogP contribution < -0.4 is 0 Å². The Morgan fingerprint density at radius 1 is 1.24 bits per heavy atom. The molecule has 3 rings (SSSR count). The van der Waals surface area contributed by atoms with Crippen molar-refractivity contribution in [2.45, 2.75) is 26.4 Å². The monoisotopic (exact) mass is 300 g/mol. The van der Waals surface area contributed by atoms with Crippen LogP contribution in [0.5, 0.6) is 0 Å². The molecule has 0 unspecified atom stereocenters. The van der Waals surface area contributed by atoms with Crippen molar-refractivity contribution < 1.29 is 9.53 Å². The Morgan fingerprint density at radius 3 is 2.62 bits per heavy atom. The Balaban J connectivity index is 1.99. The maximum absolute atomic E-state index is 12.2. The molecule has 3 aromatic rings. The van der Waals surface area contributed by atoms with Gasteiger partial charge in [0.25, 0.3) is 0 Å². The van der Waals surface area contributed by atoms with E-state index in [-0.39, 0.29) is 0 Å². The Bertz CT molecular complexity index is 782. The summed E-state index contributed by atoms with van der Waals surface area (Å²) in [6.07, 6.45) is 1.26. The van der Waals surface area contributed by atoms with Crippen molar-refractivity contribution >= 4 is 27.6 Å². The number of carbonyl (C=O) groups excluding carboxylic acids is 1. The van der Waals surface area contributed by atoms with Gasteiger partial charge in [-0.3, -0.25) is 0 Å². The summed E-state index contributed by atoms with van der Waals surface area (Å²) in [4.78, 5) is 13.3. The zero-order chi connectivity index (χ0) is 15.0. The minimum absolute atomic E-state index is 0.449. The summed E-state index contributed by atoms with van der Waals surface area (Å²) in [7, 11) is 0. The lowest BCUT2D eigenvalue weighted by Crippen LogP contribution is -2.27. The summed E-state index contributed by atoms with van der Waals surface area (Å²) in [5.41, 5.74) is 1.38. The van der Waals surface area contributed by atoms with Crippen LogP contribution in [0.4, 0.5) is 4.79 Å². The Labute approximate surface area is 127 Å². The molecule has 0 fully saturated rings. The van der Waals surface area contributed by atoms with E-state index in [0.29, 0.717) is 0 Å². The number of hydrogen-bond donors (Lipinski definition) is 0. The van der Waals surface area contributed by atoms with Crippen molar-refractivity contribution in [3.8, 4) is 10.4 Å². The third kappa shape index (κ3) is 2.83. The van der Waals surface area contributed by atoms with E-state index in [1.807, 2.05) is 45.0 Å². The highest BCUT2D eigenvalue weighted by molar-refractivity contribution is 7.22. The van der Waals surface area contributed by atoms with Crippen molar-refractivity contribution in [1.29, 1.82) is 0 Å². The quantitative estimate of drug-likeness (QED) is 0.662. The van der Waals surface area contributed by atoms with E-state index in [0.717, 1.165) is 20.7 Å². The number of hydrogen-bond acceptors (Lipinski definition) is 4. The van der Waals surface area contributed by atoms with Gasteiger partial charge in [0.15, 0.2) is 0 Å². The highest BCUT2D eigenvalue weighted by Gasteiger charge is 2.21. The fourth-order valence-corrected chi connectivity index (χ4v) is 3.03. The van der Waals surface area contributed by atoms with Crippen molar-refractivity contribution in [3.05, 3.63) is 42.6 Å². The number of ether oxygens (including phenoxy) is 1. The molecule has 0 amide bonds. The van der Waals surface area contributed by atoms with E-state index in [1.54, 1.807) is 17.5 Å². The number of nitrogens with zero attached hydrogens (tertiary/aromatic N) is 2. The first-order chi connectivity index (χ1) is 9.94. The lowest BCUT2D eigenvalue weighted by Gasteiger charge is -2.18. The van der Waals surface area contributed by atoms with Crippen LogP contribution in [0.3, 0.4) is 0 Å². The molecule has 0 radical (unpaired) electrons. The molecule has 108 valence electrons. The average Bonchev–Trinajstić information content (AvgIpc) is 2.96. The lowest BCUT2D eigenvalue weighted by atomic mass is 10.2. The first-order valence-corrected chi connectivity index (χ1v) is 7.52. The minimum Gasteiger partial charge on any atom is -0.442 e. The molecule has 5 heteroatoms. The van der Waals surface area contributed by atoms with Gasteiger partial charge in [0.1, 0.15) is 5.60 Å². The molecular weight excluding hydrogens is 284 g/mol. The van der Waals surface area contributed by atoms with Crippen LogP contribution in [0.1, 0.15) is 20.8 Å². The highest BCUT2D eigenvalue weighted by Crippen LogP contribution is 2.33. The Hall–Kier alpha value is -2.14. The molecule has 1 aromatic carbocycles. The van der Waals surface area contributed by atoms with Gasteiger partial charge in [-0.1, -0.05) is 30.3 Å². The summed E-state index contributed by atoms with van der Waals surface area (Å²) in [6, 6.07) is 12.1. The van der Waals surface area contributed by atoms with Crippen molar-refractivity contribution in [3.63, 3.8) is 0 Å². The van der Waals surface area contributed by atoms with E-state index in [9.17, 15) is 4.79 Å². The molecule has 0 saturated heterocycles. The fourth-order valence-electron chi connectivity index (χ4n) is 2.02. The molecule has 0 aliphatic carbocycles. The molecule has 0 spiro atoms. The Kier molecular flexibility index (Phi) is 3.29. The molecule has 0 aliphatic heterocycles. The SMILES string of the molecule is CC(C)(C)OC(=O)n1ncc2sc(-c3ccccc3)cc21. The zero-order valence-corrected chi connectivity index (χ0v) is 13.0. The van der Waals surface area contributed by atoms with Gasteiger partial charge >= 0.3 is 6.09 Å². The largest absolute Gasteiger partial charge is 0.442 e. The van der Waals surface area contributed by atoms with Crippen molar-refractivity contribution in [2.75, 3.05) is 0 Å². The molecule has 0 N–H and O–H groups in total. The molecule has 0 aliphatic rings. The van der Waals surface area contributed by atoms with Crippen LogP contribution in [0, 0.1) is 0 Å². The van der Waals surface area contributed by atoms with E-state index in [1.165, 1.54) is 4.68 Å². The second-order valence-corrected chi connectivity index (χ2v) is 6.85. The van der Waals surface area contributed by atoms with Gasteiger partial charge in [0, 0.05) is 4.88 Å². The molecule has 4 nitrogen and oxygen atoms in total. The first kappa shape index (κ1) is 13.8. The number of carbonyl (C=O) groups is 1. The maximum Gasteiger partial charge on any atom is 0.435 e. The number of benzene rings is 1. The average molecular weight is 300 g/mol. The number of rotatable bonds is 1. The summed E-state index contributed by atoms with van der Waals surface area (Å²) in [5.74, 6) is 0. The Morgan fingerprint density at radius 2 is 1.95 bits per heavy atom. The molecule has 21 heavy (non-hydrogen) atoms. The lowest BCUT2D eigenvalue weighted by molar-refractivity contribution is 0.0523. The van der Waals surface area contributed by atoms with Crippen LogP contribution in [0.15, 0.2) is 42.6 Å². The summed E-state index contributed by atoms with van der Waals surface area (Å²) in [5, 5.41) is 4.13. The predicted octanol–water partition coefficient (Wildman–Crippen LogP) is 4.55. The van der Waals surface area contributed by atoms with Gasteiger partial charge in [-0.2, -0.15) is 9.78 Å². The summed E-state index contributed by atoms with van der Waals surface area (Å²) < 4.78 is 7.67. The van der Waals surface area contributed by atoms with Crippen LogP contribution in [-0.2, 0) is 4.74 Å². The number of aromatic nitrogens is 2. The van der Waals surface area contributed by atoms with Gasteiger partial charge in [0.05, 0.1) is 16.4 Å². The third-order valence-corrected chi connectivity index (χ3v) is 3.99. The second-order valence-electron chi connectivity index (χ2n) is 5.76. The van der Waals surface area contributed by atoms with E-state index >= 15 is 0 Å². The van der Waals surface area contributed by atoms with Crippen LogP contribution in [0.25, 0.3) is 20.7 Å². The molecule has 0 saturated carbocycles. The van der Waals surface area contributed by atoms with Gasteiger partial charge in [-0.05, 0) is 32.4 Å². The van der Waals surface area contributed by atoms with Crippen LogP contribution in [0.2, 0.25) is 0 Å². The number of fused-ring (bicyclic) bond motifs is 1. The van der Waals surface area contributed by atoms with Gasteiger partial charge in [0.2, 0.25) is 0 Å². The van der Waals surface area contributed by atoms with Crippen LogP contribution in [-0.4, -0.2) is 21.5 Å². The van der Waals surface area contributed by atoms with Gasteiger partial charge in [-0.25, -0.2) is 4.79 Å². The molecular formula is C16H16N2O2S. The second kappa shape index (κ2) is 5.00. The molecule has 2 heterocycles. The smallest absolute Gasteiger partial charge is 0.435 e. The van der Waals surface area contributed by atoms with E-state index < -0.39 is 11.7 Å². The third-order valence-electron chi connectivity index (χ3n) is 2.88. The number of thiophene rings is 1.